The molecule has 0 unspecified atom stereocenters. The molecule has 0 atom stereocenters. The van der Waals surface area contributed by atoms with Gasteiger partial charge in [-0.3, -0.25) is 24.1 Å². The molecular formula is C23H21N3O5. The van der Waals surface area contributed by atoms with E-state index in [1.54, 1.807) is 42.5 Å². The number of carbonyl (C=O) groups excluding carboxylic acids is 4. The standard InChI is InChI=1S/C23H21N3O5/c1-15-4-9-18-19(13-15)23(30)26(22(18)29)12-2-3-21(28)31-14-20(27)25-17-7-5-16(6-8-17)10-11-24/h4-9,13H,2-3,10,12,14H2,1H3,(H,25,27). The molecule has 0 aliphatic carbocycles. The maximum atomic E-state index is 12.4. The molecule has 1 aliphatic rings. The summed E-state index contributed by atoms with van der Waals surface area (Å²) >= 11 is 0. The van der Waals surface area contributed by atoms with Crippen LogP contribution in [0, 0.1) is 18.3 Å². The average molecular weight is 419 g/mol. The molecule has 0 saturated carbocycles. The van der Waals surface area contributed by atoms with Gasteiger partial charge in [0.1, 0.15) is 0 Å². The summed E-state index contributed by atoms with van der Waals surface area (Å²) < 4.78 is 4.95. The number of anilines is 1. The van der Waals surface area contributed by atoms with E-state index in [2.05, 4.69) is 5.32 Å². The summed E-state index contributed by atoms with van der Waals surface area (Å²) in [6.45, 7) is 1.50. The molecule has 0 spiro atoms. The summed E-state index contributed by atoms with van der Waals surface area (Å²) in [7, 11) is 0. The predicted molar refractivity (Wildman–Crippen MR) is 111 cm³/mol. The van der Waals surface area contributed by atoms with E-state index in [1.807, 2.05) is 13.0 Å². The minimum Gasteiger partial charge on any atom is -0.456 e. The van der Waals surface area contributed by atoms with Crippen molar-refractivity contribution in [3.05, 3.63) is 64.7 Å². The molecule has 0 fully saturated rings. The Hall–Kier alpha value is -3.99. The Labute approximate surface area is 179 Å². The molecule has 1 heterocycles. The van der Waals surface area contributed by atoms with Gasteiger partial charge in [0.2, 0.25) is 0 Å². The molecule has 1 N–H and O–H groups in total. The van der Waals surface area contributed by atoms with Crippen molar-refractivity contribution < 1.29 is 23.9 Å². The number of fused-ring (bicyclic) bond motifs is 1. The van der Waals surface area contributed by atoms with E-state index in [0.29, 0.717) is 16.8 Å². The van der Waals surface area contributed by atoms with E-state index in [4.69, 9.17) is 10.00 Å². The Balaban J connectivity index is 1.40. The Bertz CT molecular complexity index is 1070. The van der Waals surface area contributed by atoms with Crippen LogP contribution >= 0.6 is 0 Å². The molecule has 0 bridgehead atoms. The first-order valence-corrected chi connectivity index (χ1v) is 9.77. The fraction of sp³-hybridized carbons (Fsp3) is 0.261. The van der Waals surface area contributed by atoms with E-state index >= 15 is 0 Å². The number of nitrogens with zero attached hydrogens (tertiary/aromatic N) is 2. The zero-order chi connectivity index (χ0) is 22.4. The number of esters is 1. The number of nitrogens with one attached hydrogen (secondary N) is 1. The monoisotopic (exact) mass is 419 g/mol. The van der Waals surface area contributed by atoms with Gasteiger partial charge in [-0.1, -0.05) is 23.8 Å². The summed E-state index contributed by atoms with van der Waals surface area (Å²) in [5.41, 5.74) is 3.01. The summed E-state index contributed by atoms with van der Waals surface area (Å²) in [5.74, 6) is -1.81. The molecule has 8 heteroatoms. The van der Waals surface area contributed by atoms with Crippen LogP contribution in [-0.4, -0.2) is 41.7 Å². The molecule has 2 aromatic rings. The van der Waals surface area contributed by atoms with Gasteiger partial charge in [0.05, 0.1) is 23.6 Å². The first-order valence-electron chi connectivity index (χ1n) is 9.77. The highest BCUT2D eigenvalue weighted by molar-refractivity contribution is 6.21. The molecule has 0 aromatic heterocycles. The fourth-order valence-corrected chi connectivity index (χ4v) is 3.20. The topological polar surface area (TPSA) is 117 Å². The van der Waals surface area contributed by atoms with Crippen molar-refractivity contribution in [2.75, 3.05) is 18.5 Å². The van der Waals surface area contributed by atoms with Crippen LogP contribution in [0.3, 0.4) is 0 Å². The van der Waals surface area contributed by atoms with Crippen LogP contribution in [-0.2, 0) is 20.7 Å². The highest BCUT2D eigenvalue weighted by Gasteiger charge is 2.35. The van der Waals surface area contributed by atoms with Gasteiger partial charge in [-0.05, 0) is 43.2 Å². The predicted octanol–water partition coefficient (Wildman–Crippen LogP) is 2.62. The van der Waals surface area contributed by atoms with Crippen molar-refractivity contribution in [1.29, 1.82) is 5.26 Å². The Morgan fingerprint density at radius 1 is 1.06 bits per heavy atom. The minimum atomic E-state index is -0.591. The number of imide groups is 1. The van der Waals surface area contributed by atoms with Crippen molar-refractivity contribution in [2.24, 2.45) is 0 Å². The van der Waals surface area contributed by atoms with Crippen molar-refractivity contribution in [3.63, 3.8) is 0 Å². The Kier molecular flexibility index (Phi) is 6.78. The molecule has 0 saturated heterocycles. The highest BCUT2D eigenvalue weighted by atomic mass is 16.5. The number of rotatable bonds is 8. The Morgan fingerprint density at radius 3 is 2.48 bits per heavy atom. The second-order valence-corrected chi connectivity index (χ2v) is 7.16. The number of benzene rings is 2. The van der Waals surface area contributed by atoms with Crippen LogP contribution in [0.1, 0.15) is 44.7 Å². The van der Waals surface area contributed by atoms with Gasteiger partial charge in [0.15, 0.2) is 6.61 Å². The van der Waals surface area contributed by atoms with Crippen molar-refractivity contribution in [3.8, 4) is 6.07 Å². The number of ether oxygens (including phenoxy) is 1. The molecule has 3 amide bonds. The lowest BCUT2D eigenvalue weighted by Gasteiger charge is -2.13. The van der Waals surface area contributed by atoms with Crippen LogP contribution in [0.15, 0.2) is 42.5 Å². The normalized spacial score (nSPS) is 12.3. The first-order chi connectivity index (χ1) is 14.9. The molecule has 8 nitrogen and oxygen atoms in total. The number of nitriles is 1. The van der Waals surface area contributed by atoms with E-state index in [-0.39, 0.29) is 37.6 Å². The zero-order valence-corrected chi connectivity index (χ0v) is 17.0. The second kappa shape index (κ2) is 9.67. The second-order valence-electron chi connectivity index (χ2n) is 7.16. The van der Waals surface area contributed by atoms with E-state index < -0.39 is 18.5 Å². The lowest BCUT2D eigenvalue weighted by Crippen LogP contribution is -2.31. The third-order valence-corrected chi connectivity index (χ3v) is 4.77. The molecule has 158 valence electrons. The number of carbonyl (C=O) groups is 4. The third kappa shape index (κ3) is 5.34. The lowest BCUT2D eigenvalue weighted by molar-refractivity contribution is -0.147. The van der Waals surface area contributed by atoms with E-state index in [0.717, 1.165) is 16.0 Å². The molecule has 0 radical (unpaired) electrons. The van der Waals surface area contributed by atoms with Gasteiger partial charge in [-0.15, -0.1) is 0 Å². The van der Waals surface area contributed by atoms with Crippen LogP contribution in [0.25, 0.3) is 0 Å². The van der Waals surface area contributed by atoms with Crippen LogP contribution in [0.4, 0.5) is 5.69 Å². The van der Waals surface area contributed by atoms with Crippen molar-refractivity contribution in [2.45, 2.75) is 26.2 Å². The molecule has 3 rings (SSSR count). The summed E-state index contributed by atoms with van der Waals surface area (Å²) in [6, 6.07) is 13.9. The summed E-state index contributed by atoms with van der Waals surface area (Å²) in [5, 5.41) is 11.2. The van der Waals surface area contributed by atoms with Gasteiger partial charge >= 0.3 is 5.97 Å². The molecule has 31 heavy (non-hydrogen) atoms. The zero-order valence-electron chi connectivity index (χ0n) is 17.0. The SMILES string of the molecule is Cc1ccc2c(c1)C(=O)N(CCCC(=O)OCC(=O)Nc1ccc(CC#N)cc1)C2=O. The average Bonchev–Trinajstić information content (AvgIpc) is 2.98. The maximum Gasteiger partial charge on any atom is 0.306 e. The van der Waals surface area contributed by atoms with Crippen LogP contribution in [0.5, 0.6) is 0 Å². The minimum absolute atomic E-state index is 0.0252. The van der Waals surface area contributed by atoms with Gasteiger partial charge < -0.3 is 10.1 Å². The number of hydrogen-bond acceptors (Lipinski definition) is 6. The van der Waals surface area contributed by atoms with Crippen molar-refractivity contribution in [1.82, 2.24) is 4.90 Å². The largest absolute Gasteiger partial charge is 0.456 e. The maximum absolute atomic E-state index is 12.4. The van der Waals surface area contributed by atoms with Crippen LogP contribution in [0.2, 0.25) is 0 Å². The Morgan fingerprint density at radius 2 is 1.77 bits per heavy atom. The first kappa shape index (κ1) is 21.7. The summed E-state index contributed by atoms with van der Waals surface area (Å²) in [4.78, 5) is 49.7. The van der Waals surface area contributed by atoms with Gasteiger partial charge in [-0.2, -0.15) is 5.26 Å². The highest BCUT2D eigenvalue weighted by Crippen LogP contribution is 2.24. The number of hydrogen-bond donors (Lipinski definition) is 1. The quantitative estimate of drug-likeness (QED) is 0.519. The molecule has 1 aliphatic heterocycles. The van der Waals surface area contributed by atoms with E-state index in [1.165, 1.54) is 0 Å². The van der Waals surface area contributed by atoms with Crippen molar-refractivity contribution >= 4 is 29.4 Å². The van der Waals surface area contributed by atoms with E-state index in [9.17, 15) is 19.2 Å². The fourth-order valence-electron chi connectivity index (χ4n) is 3.20. The summed E-state index contributed by atoms with van der Waals surface area (Å²) in [6.07, 6.45) is 0.500. The number of amides is 3. The van der Waals surface area contributed by atoms with Gasteiger partial charge in [-0.25, -0.2) is 0 Å². The molecule has 2 aromatic carbocycles. The number of aryl methyl sites for hydroxylation is 1. The van der Waals surface area contributed by atoms with Crippen LogP contribution < -0.4 is 5.32 Å². The van der Waals surface area contributed by atoms with Gasteiger partial charge in [0.25, 0.3) is 17.7 Å². The third-order valence-electron chi connectivity index (χ3n) is 4.77. The van der Waals surface area contributed by atoms with Gasteiger partial charge in [0, 0.05) is 18.7 Å². The molecular weight excluding hydrogens is 398 g/mol. The lowest BCUT2D eigenvalue weighted by atomic mass is 10.1. The smallest absolute Gasteiger partial charge is 0.306 e.